The van der Waals surface area contributed by atoms with Crippen molar-refractivity contribution >= 4 is 5.91 Å². The molecule has 2 aromatic rings. The zero-order chi connectivity index (χ0) is 14.8. The van der Waals surface area contributed by atoms with Gasteiger partial charge in [-0.2, -0.15) is 0 Å². The molecule has 0 aromatic heterocycles. The van der Waals surface area contributed by atoms with E-state index in [9.17, 15) is 9.18 Å². The SMILES string of the molecule is Cc1ccc(F)c(C(=O)NCC2Cc3ccccc3O2)c1. The van der Waals surface area contributed by atoms with Gasteiger partial charge in [-0.05, 0) is 30.7 Å². The van der Waals surface area contributed by atoms with Crippen LogP contribution in [0.15, 0.2) is 42.5 Å². The Labute approximate surface area is 122 Å². The molecule has 1 aliphatic heterocycles. The number of halogens is 1. The highest BCUT2D eigenvalue weighted by atomic mass is 19.1. The van der Waals surface area contributed by atoms with Gasteiger partial charge in [-0.1, -0.05) is 29.8 Å². The second kappa shape index (κ2) is 5.56. The van der Waals surface area contributed by atoms with Crippen molar-refractivity contribution in [3.63, 3.8) is 0 Å². The molecule has 1 atom stereocenters. The van der Waals surface area contributed by atoms with E-state index in [1.165, 1.54) is 6.07 Å². The van der Waals surface area contributed by atoms with Gasteiger partial charge in [-0.15, -0.1) is 0 Å². The molecule has 0 spiro atoms. The number of para-hydroxylation sites is 1. The van der Waals surface area contributed by atoms with E-state index in [-0.39, 0.29) is 11.7 Å². The lowest BCUT2D eigenvalue weighted by atomic mass is 10.1. The van der Waals surface area contributed by atoms with Gasteiger partial charge in [0.15, 0.2) is 0 Å². The fourth-order valence-electron chi connectivity index (χ4n) is 2.48. The molecule has 0 radical (unpaired) electrons. The van der Waals surface area contributed by atoms with Gasteiger partial charge in [0.25, 0.3) is 5.91 Å². The summed E-state index contributed by atoms with van der Waals surface area (Å²) in [6.45, 7) is 2.19. The number of carbonyl (C=O) groups excluding carboxylic acids is 1. The van der Waals surface area contributed by atoms with Crippen molar-refractivity contribution in [2.24, 2.45) is 0 Å². The highest BCUT2D eigenvalue weighted by molar-refractivity contribution is 5.94. The fourth-order valence-corrected chi connectivity index (χ4v) is 2.48. The third-order valence-electron chi connectivity index (χ3n) is 3.57. The molecule has 0 saturated heterocycles. The lowest BCUT2D eigenvalue weighted by molar-refractivity contribution is 0.0929. The summed E-state index contributed by atoms with van der Waals surface area (Å²) >= 11 is 0. The Morgan fingerprint density at radius 1 is 1.33 bits per heavy atom. The monoisotopic (exact) mass is 285 g/mol. The van der Waals surface area contributed by atoms with Gasteiger partial charge in [-0.3, -0.25) is 4.79 Å². The van der Waals surface area contributed by atoms with Crippen LogP contribution in [0.1, 0.15) is 21.5 Å². The smallest absolute Gasteiger partial charge is 0.254 e. The highest BCUT2D eigenvalue weighted by Crippen LogP contribution is 2.27. The average molecular weight is 285 g/mol. The van der Waals surface area contributed by atoms with Crippen LogP contribution in [-0.2, 0) is 6.42 Å². The van der Waals surface area contributed by atoms with Gasteiger partial charge in [0.2, 0.25) is 0 Å². The second-order valence-corrected chi connectivity index (χ2v) is 5.25. The van der Waals surface area contributed by atoms with E-state index in [4.69, 9.17) is 4.74 Å². The van der Waals surface area contributed by atoms with E-state index >= 15 is 0 Å². The number of benzene rings is 2. The van der Waals surface area contributed by atoms with Crippen LogP contribution < -0.4 is 10.1 Å². The minimum absolute atomic E-state index is 0.0745. The number of hydrogen-bond acceptors (Lipinski definition) is 2. The molecule has 4 heteroatoms. The van der Waals surface area contributed by atoms with Crippen molar-refractivity contribution in [2.75, 3.05) is 6.54 Å². The molecular formula is C17H16FNO2. The van der Waals surface area contributed by atoms with Crippen LogP contribution in [0, 0.1) is 12.7 Å². The largest absolute Gasteiger partial charge is 0.488 e. The average Bonchev–Trinajstić information content (AvgIpc) is 2.90. The Bertz CT molecular complexity index is 659. The first-order valence-electron chi connectivity index (χ1n) is 6.92. The van der Waals surface area contributed by atoms with E-state index in [2.05, 4.69) is 5.32 Å². The normalized spacial score (nSPS) is 16.2. The van der Waals surface area contributed by atoms with Gasteiger partial charge < -0.3 is 10.1 Å². The molecule has 1 heterocycles. The van der Waals surface area contributed by atoms with Crippen molar-refractivity contribution in [3.8, 4) is 5.75 Å². The molecule has 1 unspecified atom stereocenters. The number of amides is 1. The molecule has 1 aliphatic rings. The lowest BCUT2D eigenvalue weighted by Gasteiger charge is -2.12. The maximum absolute atomic E-state index is 13.6. The zero-order valence-corrected chi connectivity index (χ0v) is 11.7. The van der Waals surface area contributed by atoms with Crippen LogP contribution in [-0.4, -0.2) is 18.6 Å². The van der Waals surface area contributed by atoms with E-state index < -0.39 is 11.7 Å². The van der Waals surface area contributed by atoms with Crippen molar-refractivity contribution in [3.05, 3.63) is 65.0 Å². The maximum Gasteiger partial charge on any atom is 0.254 e. The number of nitrogens with one attached hydrogen (secondary N) is 1. The molecule has 3 nitrogen and oxygen atoms in total. The predicted molar refractivity (Wildman–Crippen MR) is 78.0 cm³/mol. The molecule has 0 aliphatic carbocycles. The first-order chi connectivity index (χ1) is 10.1. The van der Waals surface area contributed by atoms with E-state index in [1.54, 1.807) is 12.1 Å². The standard InChI is InChI=1S/C17H16FNO2/c1-11-6-7-15(18)14(8-11)17(20)19-10-13-9-12-4-2-3-5-16(12)21-13/h2-8,13H,9-10H2,1H3,(H,19,20). The minimum atomic E-state index is -0.506. The summed E-state index contributed by atoms with van der Waals surface area (Å²) in [5.74, 6) is -0.0528. The van der Waals surface area contributed by atoms with Gasteiger partial charge in [-0.25, -0.2) is 4.39 Å². The first kappa shape index (κ1) is 13.6. The summed E-state index contributed by atoms with van der Waals surface area (Å²) in [6, 6.07) is 12.3. The second-order valence-electron chi connectivity index (χ2n) is 5.25. The Balaban J connectivity index is 1.61. The molecule has 0 bridgehead atoms. The third kappa shape index (κ3) is 2.89. The fraction of sp³-hybridized carbons (Fsp3) is 0.235. The van der Waals surface area contributed by atoms with Gasteiger partial charge in [0.05, 0.1) is 12.1 Å². The maximum atomic E-state index is 13.6. The van der Waals surface area contributed by atoms with E-state index in [1.807, 2.05) is 31.2 Å². The number of hydrogen-bond donors (Lipinski definition) is 1. The number of rotatable bonds is 3. The van der Waals surface area contributed by atoms with Crippen LogP contribution >= 0.6 is 0 Å². The van der Waals surface area contributed by atoms with Crippen molar-refractivity contribution in [2.45, 2.75) is 19.4 Å². The third-order valence-corrected chi connectivity index (χ3v) is 3.57. The Hall–Kier alpha value is -2.36. The van der Waals surface area contributed by atoms with Crippen LogP contribution in [0.2, 0.25) is 0 Å². The number of carbonyl (C=O) groups is 1. The summed E-state index contributed by atoms with van der Waals surface area (Å²) in [7, 11) is 0. The molecular weight excluding hydrogens is 269 g/mol. The Morgan fingerprint density at radius 2 is 2.14 bits per heavy atom. The molecule has 3 rings (SSSR count). The van der Waals surface area contributed by atoms with Gasteiger partial charge >= 0.3 is 0 Å². The summed E-state index contributed by atoms with van der Waals surface area (Å²) in [6.07, 6.45) is 0.659. The van der Waals surface area contributed by atoms with Crippen molar-refractivity contribution in [1.82, 2.24) is 5.32 Å². The Kier molecular flexibility index (Phi) is 3.60. The van der Waals surface area contributed by atoms with E-state index in [0.717, 1.165) is 23.3 Å². The summed E-state index contributed by atoms with van der Waals surface area (Å²) in [5, 5.41) is 2.74. The zero-order valence-electron chi connectivity index (χ0n) is 11.7. The van der Waals surface area contributed by atoms with Crippen LogP contribution in [0.3, 0.4) is 0 Å². The number of fused-ring (bicyclic) bond motifs is 1. The van der Waals surface area contributed by atoms with Gasteiger partial charge in [0, 0.05) is 6.42 Å². The van der Waals surface area contributed by atoms with Crippen LogP contribution in [0.5, 0.6) is 5.75 Å². The quantitative estimate of drug-likeness (QED) is 0.941. The van der Waals surface area contributed by atoms with E-state index in [0.29, 0.717) is 6.54 Å². The molecule has 0 fully saturated rings. The summed E-state index contributed by atoms with van der Waals surface area (Å²) in [4.78, 5) is 12.0. The highest BCUT2D eigenvalue weighted by Gasteiger charge is 2.23. The molecule has 1 amide bonds. The summed E-state index contributed by atoms with van der Waals surface area (Å²) in [5.41, 5.74) is 2.06. The Morgan fingerprint density at radius 3 is 2.95 bits per heavy atom. The molecule has 2 aromatic carbocycles. The minimum Gasteiger partial charge on any atom is -0.488 e. The lowest BCUT2D eigenvalue weighted by Crippen LogP contribution is -2.34. The first-order valence-corrected chi connectivity index (χ1v) is 6.92. The summed E-state index contributed by atoms with van der Waals surface area (Å²) < 4.78 is 19.4. The van der Waals surface area contributed by atoms with Crippen molar-refractivity contribution in [1.29, 1.82) is 0 Å². The van der Waals surface area contributed by atoms with Crippen LogP contribution in [0.25, 0.3) is 0 Å². The van der Waals surface area contributed by atoms with Crippen LogP contribution in [0.4, 0.5) is 4.39 Å². The number of ether oxygens (including phenoxy) is 1. The molecule has 21 heavy (non-hydrogen) atoms. The van der Waals surface area contributed by atoms with Crippen molar-refractivity contribution < 1.29 is 13.9 Å². The van der Waals surface area contributed by atoms with Gasteiger partial charge in [0.1, 0.15) is 17.7 Å². The molecule has 108 valence electrons. The predicted octanol–water partition coefficient (Wildman–Crippen LogP) is 2.87. The molecule has 1 N–H and O–H groups in total. The molecule has 0 saturated carbocycles. The number of aryl methyl sites for hydroxylation is 1. The topological polar surface area (TPSA) is 38.3 Å².